The van der Waals surface area contributed by atoms with Gasteiger partial charge in [0.15, 0.2) is 0 Å². The summed E-state index contributed by atoms with van der Waals surface area (Å²) in [6, 6.07) is 7.17. The van der Waals surface area contributed by atoms with Gasteiger partial charge in [-0.3, -0.25) is 0 Å². The van der Waals surface area contributed by atoms with Gasteiger partial charge in [-0.15, -0.1) is 0 Å². The average Bonchev–Trinajstić information content (AvgIpc) is 2.71. The number of piperazine rings is 1. The van der Waals surface area contributed by atoms with Crippen LogP contribution in [-0.4, -0.2) is 47.2 Å². The van der Waals surface area contributed by atoms with E-state index in [2.05, 4.69) is 45.0 Å². The molecule has 4 heteroatoms. The number of benzene rings is 1. The topological polar surface area (TPSA) is 33.1 Å². The van der Waals surface area contributed by atoms with Gasteiger partial charge in [-0.05, 0) is 31.2 Å². The van der Waals surface area contributed by atoms with E-state index in [1.165, 1.54) is 11.1 Å². The number of nitrogens with one attached hydrogen (secondary N) is 1. The summed E-state index contributed by atoms with van der Waals surface area (Å²) in [5.41, 5.74) is 3.67. The normalized spacial score (nSPS) is 21.6. The van der Waals surface area contributed by atoms with Crippen molar-refractivity contribution >= 4 is 11.0 Å². The highest BCUT2D eigenvalue weighted by Crippen LogP contribution is 2.15. The van der Waals surface area contributed by atoms with Gasteiger partial charge in [0.2, 0.25) is 0 Å². The monoisotopic (exact) mass is 244 g/mol. The van der Waals surface area contributed by atoms with E-state index in [1.807, 2.05) is 13.4 Å². The Morgan fingerprint density at radius 1 is 1.39 bits per heavy atom. The number of hydrogen-bond acceptors (Lipinski definition) is 3. The molecule has 1 saturated heterocycles. The van der Waals surface area contributed by atoms with Crippen LogP contribution in [0.4, 0.5) is 0 Å². The summed E-state index contributed by atoms with van der Waals surface area (Å²) in [5, 5.41) is 3.58. The van der Waals surface area contributed by atoms with Gasteiger partial charge in [0.05, 0.1) is 17.4 Å². The lowest BCUT2D eigenvalue weighted by atomic mass is 10.0. The summed E-state index contributed by atoms with van der Waals surface area (Å²) in [6.45, 7) is 3.36. The third-order valence-corrected chi connectivity index (χ3v) is 3.73. The molecule has 1 aliphatic heterocycles. The van der Waals surface area contributed by atoms with Crippen LogP contribution in [0, 0.1) is 0 Å². The first-order chi connectivity index (χ1) is 8.72. The van der Waals surface area contributed by atoms with Gasteiger partial charge >= 0.3 is 0 Å². The number of fused-ring (bicyclic) bond motifs is 1. The first-order valence-electron chi connectivity index (χ1n) is 6.54. The maximum atomic E-state index is 4.42. The van der Waals surface area contributed by atoms with Crippen LogP contribution >= 0.6 is 0 Å². The molecule has 1 unspecified atom stereocenters. The molecule has 3 rings (SSSR count). The molecule has 0 bridgehead atoms. The number of rotatable bonds is 2. The number of imidazole rings is 1. The van der Waals surface area contributed by atoms with E-state index >= 15 is 0 Å². The van der Waals surface area contributed by atoms with Gasteiger partial charge in [0.1, 0.15) is 0 Å². The van der Waals surface area contributed by atoms with Crippen LogP contribution in [0.15, 0.2) is 24.5 Å². The van der Waals surface area contributed by atoms with Crippen molar-refractivity contribution in [3.05, 3.63) is 30.1 Å². The van der Waals surface area contributed by atoms with E-state index in [0.717, 1.165) is 31.6 Å². The van der Waals surface area contributed by atoms with E-state index in [9.17, 15) is 0 Å². The number of hydrogen-bond donors (Lipinski definition) is 1. The smallest absolute Gasteiger partial charge is 0.0955 e. The van der Waals surface area contributed by atoms with Gasteiger partial charge in [-0.2, -0.15) is 0 Å². The van der Waals surface area contributed by atoms with Crippen LogP contribution in [0.2, 0.25) is 0 Å². The molecule has 0 spiro atoms. The van der Waals surface area contributed by atoms with Crippen molar-refractivity contribution in [1.82, 2.24) is 19.8 Å². The molecular weight excluding hydrogens is 224 g/mol. The van der Waals surface area contributed by atoms with Crippen LogP contribution in [0.3, 0.4) is 0 Å². The number of nitrogens with zero attached hydrogens (tertiary/aromatic N) is 3. The van der Waals surface area contributed by atoms with Crippen molar-refractivity contribution in [1.29, 1.82) is 0 Å². The fourth-order valence-electron chi connectivity index (χ4n) is 2.72. The maximum absolute atomic E-state index is 4.42. The maximum Gasteiger partial charge on any atom is 0.0955 e. The Morgan fingerprint density at radius 2 is 2.28 bits per heavy atom. The van der Waals surface area contributed by atoms with Crippen LogP contribution in [0.5, 0.6) is 0 Å². The van der Waals surface area contributed by atoms with Gasteiger partial charge < -0.3 is 14.8 Å². The zero-order valence-corrected chi connectivity index (χ0v) is 11.1. The second-order valence-electron chi connectivity index (χ2n) is 5.30. The summed E-state index contributed by atoms with van der Waals surface area (Å²) in [4.78, 5) is 6.81. The van der Waals surface area contributed by atoms with Gasteiger partial charge in [0.25, 0.3) is 0 Å². The summed E-state index contributed by atoms with van der Waals surface area (Å²) in [5.74, 6) is 0. The minimum atomic E-state index is 0.560. The van der Waals surface area contributed by atoms with Crippen molar-refractivity contribution < 1.29 is 0 Å². The second kappa shape index (κ2) is 4.71. The summed E-state index contributed by atoms with van der Waals surface area (Å²) in [7, 11) is 4.22. The summed E-state index contributed by atoms with van der Waals surface area (Å²) < 4.78 is 2.06. The van der Waals surface area contributed by atoms with Crippen molar-refractivity contribution in [2.24, 2.45) is 7.05 Å². The number of likely N-dealkylation sites (N-methyl/N-ethyl adjacent to an activating group) is 1. The minimum Gasteiger partial charge on any atom is -0.334 e. The Labute approximate surface area is 108 Å². The molecule has 1 aromatic carbocycles. The van der Waals surface area contributed by atoms with Crippen LogP contribution in [-0.2, 0) is 13.5 Å². The van der Waals surface area contributed by atoms with Crippen LogP contribution < -0.4 is 5.32 Å². The quantitative estimate of drug-likeness (QED) is 0.856. The number of aromatic nitrogens is 2. The van der Waals surface area contributed by atoms with Crippen molar-refractivity contribution in [3.8, 4) is 0 Å². The lowest BCUT2D eigenvalue weighted by molar-refractivity contribution is 0.238. The lowest BCUT2D eigenvalue weighted by Crippen LogP contribution is -2.49. The van der Waals surface area contributed by atoms with Crippen molar-refractivity contribution in [2.45, 2.75) is 12.5 Å². The molecule has 0 aliphatic carbocycles. The minimum absolute atomic E-state index is 0.560. The predicted molar refractivity (Wildman–Crippen MR) is 73.7 cm³/mol. The Bertz CT molecular complexity index is 546. The van der Waals surface area contributed by atoms with Crippen molar-refractivity contribution in [2.75, 3.05) is 26.7 Å². The molecule has 0 saturated carbocycles. The van der Waals surface area contributed by atoms with E-state index in [-0.39, 0.29) is 0 Å². The summed E-state index contributed by atoms with van der Waals surface area (Å²) >= 11 is 0. The fourth-order valence-corrected chi connectivity index (χ4v) is 2.72. The van der Waals surface area contributed by atoms with E-state index in [1.54, 1.807) is 0 Å². The average molecular weight is 244 g/mol. The highest BCUT2D eigenvalue weighted by molar-refractivity contribution is 5.75. The first kappa shape index (κ1) is 11.7. The Morgan fingerprint density at radius 3 is 3.11 bits per heavy atom. The van der Waals surface area contributed by atoms with Crippen LogP contribution in [0.25, 0.3) is 11.0 Å². The summed E-state index contributed by atoms with van der Waals surface area (Å²) in [6.07, 6.45) is 2.96. The highest BCUT2D eigenvalue weighted by atomic mass is 15.2. The zero-order valence-electron chi connectivity index (χ0n) is 11.1. The van der Waals surface area contributed by atoms with E-state index < -0.39 is 0 Å². The third-order valence-electron chi connectivity index (χ3n) is 3.73. The third kappa shape index (κ3) is 2.26. The Kier molecular flexibility index (Phi) is 3.06. The molecule has 2 heterocycles. The molecule has 1 N–H and O–H groups in total. The highest BCUT2D eigenvalue weighted by Gasteiger charge is 2.16. The molecule has 1 fully saturated rings. The van der Waals surface area contributed by atoms with Gasteiger partial charge in [0, 0.05) is 32.7 Å². The van der Waals surface area contributed by atoms with Gasteiger partial charge in [-0.1, -0.05) is 6.07 Å². The SMILES string of the molecule is CN1CCNC(Cc2ccc3c(c2)ncn3C)C1. The largest absolute Gasteiger partial charge is 0.334 e. The van der Waals surface area contributed by atoms with Crippen LogP contribution in [0.1, 0.15) is 5.56 Å². The number of aryl methyl sites for hydroxylation is 1. The molecule has 1 aliphatic rings. The standard InChI is InChI=1S/C14H20N4/c1-17-6-5-15-12(9-17)7-11-3-4-14-13(8-11)16-10-18(14)2/h3-4,8,10,12,15H,5-7,9H2,1-2H3. The molecule has 2 aromatic rings. The second-order valence-corrected chi connectivity index (χ2v) is 5.30. The molecule has 0 radical (unpaired) electrons. The molecular formula is C14H20N4. The molecule has 0 amide bonds. The Hall–Kier alpha value is -1.39. The van der Waals surface area contributed by atoms with E-state index in [4.69, 9.17) is 0 Å². The lowest BCUT2D eigenvalue weighted by Gasteiger charge is -2.31. The molecule has 1 atom stereocenters. The van der Waals surface area contributed by atoms with Crippen molar-refractivity contribution in [3.63, 3.8) is 0 Å². The van der Waals surface area contributed by atoms with E-state index in [0.29, 0.717) is 6.04 Å². The first-order valence-corrected chi connectivity index (χ1v) is 6.54. The Balaban J connectivity index is 1.78. The van der Waals surface area contributed by atoms with Gasteiger partial charge in [-0.25, -0.2) is 4.98 Å². The molecule has 96 valence electrons. The molecule has 18 heavy (non-hydrogen) atoms. The molecule has 4 nitrogen and oxygen atoms in total. The molecule has 1 aromatic heterocycles. The fraction of sp³-hybridized carbons (Fsp3) is 0.500. The predicted octanol–water partition coefficient (Wildman–Crippen LogP) is 1.02. The zero-order chi connectivity index (χ0) is 12.5.